The Morgan fingerprint density at radius 2 is 1.69 bits per heavy atom. The van der Waals surface area contributed by atoms with Gasteiger partial charge in [0.05, 0.1) is 0 Å². The van der Waals surface area contributed by atoms with E-state index in [2.05, 4.69) is 0 Å². The lowest BCUT2D eigenvalue weighted by Gasteiger charge is -1.81. The van der Waals surface area contributed by atoms with Crippen LogP contribution in [0.2, 0.25) is 12.6 Å². The van der Waals surface area contributed by atoms with Crippen molar-refractivity contribution >= 4 is 13.6 Å². The Balaban J connectivity index is 0.000000145. The van der Waals surface area contributed by atoms with Gasteiger partial charge in [-0.05, 0) is 0 Å². The van der Waals surface area contributed by atoms with Crippen LogP contribution in [0.25, 0.3) is 0 Å². The van der Waals surface area contributed by atoms with E-state index in [0.29, 0.717) is 0 Å². The maximum atomic E-state index is 10.0. The molecule has 0 spiro atoms. The zero-order valence-corrected chi connectivity index (χ0v) is 7.91. The summed E-state index contributed by atoms with van der Waals surface area (Å²) >= 11 is 0. The molecule has 0 aliphatic carbocycles. The molecule has 1 aromatic carbocycles. The summed E-state index contributed by atoms with van der Waals surface area (Å²) in [6.45, 7) is 0. The fourth-order valence-electron chi connectivity index (χ4n) is 1.42. The molecule has 1 aliphatic rings. The maximum absolute atomic E-state index is 10.0. The lowest BCUT2D eigenvalue weighted by molar-refractivity contribution is 0.112. The Morgan fingerprint density at radius 1 is 1.08 bits per heavy atom. The number of hydrogen-bond donors (Lipinski definition) is 0. The first-order chi connectivity index (χ1) is 6.43. The monoisotopic (exact) mass is 174 g/mol. The van der Waals surface area contributed by atoms with Crippen LogP contribution in [0.1, 0.15) is 23.2 Å². The molecule has 0 bridgehead atoms. The standard InChI is InChI=1S/C7H6O.C4H9B/c8-6-7-4-2-1-3-5-7;1-2-4-5-3-1/h1-6H;5H,1-4H2. The van der Waals surface area contributed by atoms with E-state index in [1.165, 1.54) is 32.8 Å². The van der Waals surface area contributed by atoms with Crippen LogP contribution in [0, 0.1) is 0 Å². The molecule has 1 nitrogen and oxygen atoms in total. The number of benzene rings is 1. The van der Waals surface area contributed by atoms with Crippen molar-refractivity contribution in [2.45, 2.75) is 25.5 Å². The Morgan fingerprint density at radius 3 is 2.00 bits per heavy atom. The van der Waals surface area contributed by atoms with Crippen molar-refractivity contribution in [3.05, 3.63) is 35.9 Å². The lowest BCUT2D eigenvalue weighted by Crippen LogP contribution is -1.73. The summed E-state index contributed by atoms with van der Waals surface area (Å²) < 4.78 is 0. The average Bonchev–Trinajstić information content (AvgIpc) is 2.77. The fraction of sp³-hybridized carbons (Fsp3) is 0.364. The first kappa shape index (κ1) is 10.0. The van der Waals surface area contributed by atoms with Crippen molar-refractivity contribution in [3.63, 3.8) is 0 Å². The SMILES string of the molecule is B1CCCC1.O=Cc1ccccc1. The second-order valence-corrected chi connectivity index (χ2v) is 3.30. The molecule has 0 atom stereocenters. The molecule has 2 rings (SSSR count). The summed E-state index contributed by atoms with van der Waals surface area (Å²) in [6.07, 6.45) is 6.83. The minimum absolute atomic E-state index is 0.729. The Bertz CT molecular complexity index is 221. The molecule has 0 amide bonds. The summed E-state index contributed by atoms with van der Waals surface area (Å²) in [4.78, 5) is 10.0. The minimum Gasteiger partial charge on any atom is -0.298 e. The van der Waals surface area contributed by atoms with Gasteiger partial charge in [-0.2, -0.15) is 0 Å². The van der Waals surface area contributed by atoms with Gasteiger partial charge in [0.1, 0.15) is 13.6 Å². The van der Waals surface area contributed by atoms with Crippen molar-refractivity contribution in [1.82, 2.24) is 0 Å². The molecule has 0 saturated carbocycles. The molecule has 0 N–H and O–H groups in total. The first-order valence-electron chi connectivity index (χ1n) is 4.94. The molecular formula is C11H15BO. The number of carbonyl (C=O) groups is 1. The van der Waals surface area contributed by atoms with Gasteiger partial charge < -0.3 is 0 Å². The Hall–Kier alpha value is -1.05. The summed E-state index contributed by atoms with van der Waals surface area (Å²) in [5.74, 6) is 0. The molecule has 0 radical (unpaired) electrons. The normalized spacial score (nSPS) is 13.8. The molecule has 1 aliphatic heterocycles. The van der Waals surface area contributed by atoms with Crippen molar-refractivity contribution < 1.29 is 4.79 Å². The van der Waals surface area contributed by atoms with Crippen LogP contribution in [-0.4, -0.2) is 13.6 Å². The van der Waals surface area contributed by atoms with E-state index >= 15 is 0 Å². The van der Waals surface area contributed by atoms with Crippen molar-refractivity contribution in [2.75, 3.05) is 0 Å². The van der Waals surface area contributed by atoms with Gasteiger partial charge in [0.15, 0.2) is 0 Å². The molecule has 1 saturated heterocycles. The predicted octanol–water partition coefficient (Wildman–Crippen LogP) is 2.55. The lowest BCUT2D eigenvalue weighted by atomic mass is 9.77. The van der Waals surface area contributed by atoms with Crippen LogP contribution in [0.15, 0.2) is 30.3 Å². The summed E-state index contributed by atoms with van der Waals surface area (Å²) in [7, 11) is 1.50. The molecular weight excluding hydrogens is 159 g/mol. The molecule has 0 aromatic heterocycles. The average molecular weight is 174 g/mol. The molecule has 1 heterocycles. The molecule has 0 unspecified atom stereocenters. The molecule has 2 heteroatoms. The second-order valence-electron chi connectivity index (χ2n) is 3.30. The minimum atomic E-state index is 0.729. The summed E-state index contributed by atoms with van der Waals surface area (Å²) in [5.41, 5.74) is 0.729. The smallest absolute Gasteiger partial charge is 0.150 e. The van der Waals surface area contributed by atoms with Crippen molar-refractivity contribution in [2.24, 2.45) is 0 Å². The van der Waals surface area contributed by atoms with Gasteiger partial charge in [0.25, 0.3) is 0 Å². The van der Waals surface area contributed by atoms with E-state index in [9.17, 15) is 4.79 Å². The van der Waals surface area contributed by atoms with Gasteiger partial charge in [-0.25, -0.2) is 0 Å². The van der Waals surface area contributed by atoms with E-state index in [0.717, 1.165) is 11.8 Å². The van der Waals surface area contributed by atoms with E-state index in [4.69, 9.17) is 0 Å². The van der Waals surface area contributed by atoms with Crippen LogP contribution in [0.4, 0.5) is 0 Å². The highest BCUT2D eigenvalue weighted by Crippen LogP contribution is 2.09. The highest BCUT2D eigenvalue weighted by Gasteiger charge is 1.97. The van der Waals surface area contributed by atoms with Crippen LogP contribution in [0.3, 0.4) is 0 Å². The quantitative estimate of drug-likeness (QED) is 0.472. The van der Waals surface area contributed by atoms with Crippen LogP contribution in [0.5, 0.6) is 0 Å². The largest absolute Gasteiger partial charge is 0.298 e. The van der Waals surface area contributed by atoms with Crippen LogP contribution >= 0.6 is 0 Å². The third kappa shape index (κ3) is 4.51. The third-order valence-electron chi connectivity index (χ3n) is 2.19. The van der Waals surface area contributed by atoms with E-state index < -0.39 is 0 Å². The fourth-order valence-corrected chi connectivity index (χ4v) is 1.42. The molecule has 1 fully saturated rings. The number of carbonyl (C=O) groups excluding carboxylic acids is 1. The number of hydrogen-bond acceptors (Lipinski definition) is 1. The van der Waals surface area contributed by atoms with Gasteiger partial charge >= 0.3 is 0 Å². The predicted molar refractivity (Wildman–Crippen MR) is 57.8 cm³/mol. The van der Waals surface area contributed by atoms with Gasteiger partial charge in [-0.3, -0.25) is 4.79 Å². The van der Waals surface area contributed by atoms with E-state index in [1.807, 2.05) is 18.2 Å². The number of aldehydes is 1. The zero-order valence-electron chi connectivity index (χ0n) is 7.91. The Kier molecular flexibility index (Phi) is 5.00. The first-order valence-corrected chi connectivity index (χ1v) is 4.94. The van der Waals surface area contributed by atoms with Gasteiger partial charge in [-0.1, -0.05) is 55.8 Å². The maximum Gasteiger partial charge on any atom is 0.150 e. The molecule has 13 heavy (non-hydrogen) atoms. The van der Waals surface area contributed by atoms with Gasteiger partial charge in [0.2, 0.25) is 0 Å². The summed E-state index contributed by atoms with van der Waals surface area (Å²) in [6, 6.07) is 9.10. The molecule has 1 aromatic rings. The van der Waals surface area contributed by atoms with Crippen molar-refractivity contribution in [3.8, 4) is 0 Å². The zero-order chi connectivity index (χ0) is 9.36. The van der Waals surface area contributed by atoms with E-state index in [-0.39, 0.29) is 0 Å². The highest BCUT2D eigenvalue weighted by atomic mass is 16.1. The van der Waals surface area contributed by atoms with Gasteiger partial charge in [0, 0.05) is 5.56 Å². The molecule has 68 valence electrons. The van der Waals surface area contributed by atoms with Gasteiger partial charge in [-0.15, -0.1) is 0 Å². The van der Waals surface area contributed by atoms with Crippen LogP contribution in [-0.2, 0) is 0 Å². The number of rotatable bonds is 1. The third-order valence-corrected chi connectivity index (χ3v) is 2.19. The van der Waals surface area contributed by atoms with Crippen LogP contribution < -0.4 is 0 Å². The van der Waals surface area contributed by atoms with Crippen molar-refractivity contribution in [1.29, 1.82) is 0 Å². The second kappa shape index (κ2) is 6.47. The van der Waals surface area contributed by atoms with E-state index in [1.54, 1.807) is 12.1 Å². The topological polar surface area (TPSA) is 17.1 Å². The Labute approximate surface area is 80.4 Å². The summed E-state index contributed by atoms with van der Waals surface area (Å²) in [5, 5.41) is 0. The highest BCUT2D eigenvalue weighted by molar-refractivity contribution is 6.36.